The van der Waals surface area contributed by atoms with E-state index in [2.05, 4.69) is 15.5 Å². The summed E-state index contributed by atoms with van der Waals surface area (Å²) in [7, 11) is 1.60. The highest BCUT2D eigenvalue weighted by atomic mass is 32.2. The molecule has 23 heavy (non-hydrogen) atoms. The smallest absolute Gasteiger partial charge is 0.324 e. The maximum absolute atomic E-state index is 10.7. The van der Waals surface area contributed by atoms with Gasteiger partial charge >= 0.3 is 5.00 Å². The van der Waals surface area contributed by atoms with E-state index in [0.717, 1.165) is 28.3 Å². The molecule has 0 spiro atoms. The van der Waals surface area contributed by atoms with E-state index in [1.54, 1.807) is 23.2 Å². The minimum Gasteiger partial charge on any atom is -0.497 e. The predicted octanol–water partition coefficient (Wildman–Crippen LogP) is 2.93. The van der Waals surface area contributed by atoms with Crippen LogP contribution in [-0.4, -0.2) is 32.2 Å². The molecular formula is C13H11N5O3S2. The first kappa shape index (κ1) is 15.4. The molecule has 2 heterocycles. The van der Waals surface area contributed by atoms with Crippen LogP contribution in [0.5, 0.6) is 5.75 Å². The number of nitro groups is 1. The molecule has 0 aliphatic heterocycles. The summed E-state index contributed by atoms with van der Waals surface area (Å²) >= 11 is 2.53. The normalized spacial score (nSPS) is 10.7. The number of thioether (sulfide) groups is 1. The van der Waals surface area contributed by atoms with Crippen LogP contribution < -0.4 is 4.74 Å². The number of rotatable bonds is 6. The second-order valence-electron chi connectivity index (χ2n) is 4.41. The van der Waals surface area contributed by atoms with Crippen molar-refractivity contribution < 1.29 is 9.66 Å². The zero-order chi connectivity index (χ0) is 16.2. The number of benzene rings is 1. The van der Waals surface area contributed by atoms with Crippen molar-refractivity contribution in [3.05, 3.63) is 51.4 Å². The third-order valence-corrected chi connectivity index (χ3v) is 4.87. The lowest BCUT2D eigenvalue weighted by atomic mass is 10.3. The Bertz CT molecular complexity index is 815. The lowest BCUT2D eigenvalue weighted by Gasteiger charge is -2.05. The first-order valence-electron chi connectivity index (χ1n) is 6.45. The largest absolute Gasteiger partial charge is 0.497 e. The van der Waals surface area contributed by atoms with Crippen LogP contribution in [0.2, 0.25) is 0 Å². The van der Waals surface area contributed by atoms with Gasteiger partial charge in [0.2, 0.25) is 5.16 Å². The van der Waals surface area contributed by atoms with E-state index in [1.807, 2.05) is 24.3 Å². The summed E-state index contributed by atoms with van der Waals surface area (Å²) in [5.41, 5.74) is 1.69. The van der Waals surface area contributed by atoms with Gasteiger partial charge in [-0.1, -0.05) is 23.1 Å². The van der Waals surface area contributed by atoms with Crippen molar-refractivity contribution in [2.75, 3.05) is 7.11 Å². The summed E-state index contributed by atoms with van der Waals surface area (Å²) < 4.78 is 6.74. The molecule has 0 unspecified atom stereocenters. The van der Waals surface area contributed by atoms with Crippen LogP contribution in [-0.2, 0) is 5.75 Å². The number of tetrazole rings is 1. The van der Waals surface area contributed by atoms with Crippen molar-refractivity contribution >= 4 is 28.1 Å². The third-order valence-electron chi connectivity index (χ3n) is 2.95. The van der Waals surface area contributed by atoms with Crippen LogP contribution in [0.4, 0.5) is 5.00 Å². The van der Waals surface area contributed by atoms with Crippen LogP contribution in [0, 0.1) is 10.1 Å². The molecule has 0 saturated carbocycles. The molecule has 3 rings (SSSR count). The summed E-state index contributed by atoms with van der Waals surface area (Å²) in [6, 6.07) is 8.93. The van der Waals surface area contributed by atoms with E-state index in [1.165, 1.54) is 11.8 Å². The van der Waals surface area contributed by atoms with E-state index in [0.29, 0.717) is 10.9 Å². The molecule has 1 aromatic carbocycles. The van der Waals surface area contributed by atoms with Crippen molar-refractivity contribution in [1.29, 1.82) is 0 Å². The van der Waals surface area contributed by atoms with Gasteiger partial charge in [-0.3, -0.25) is 10.1 Å². The molecule has 2 aromatic heterocycles. The summed E-state index contributed by atoms with van der Waals surface area (Å²) in [5.74, 6) is 1.31. The van der Waals surface area contributed by atoms with Crippen molar-refractivity contribution in [3.8, 4) is 11.4 Å². The van der Waals surface area contributed by atoms with Crippen molar-refractivity contribution in [2.45, 2.75) is 10.9 Å². The molecule has 0 atom stereocenters. The minimum atomic E-state index is -0.389. The Balaban J connectivity index is 1.73. The van der Waals surface area contributed by atoms with Gasteiger partial charge in [0.15, 0.2) is 0 Å². The molecule has 0 bridgehead atoms. The third kappa shape index (κ3) is 3.48. The summed E-state index contributed by atoms with van der Waals surface area (Å²) in [6.07, 6.45) is 0. The zero-order valence-electron chi connectivity index (χ0n) is 11.9. The highest BCUT2D eigenvalue weighted by Crippen LogP contribution is 2.28. The Morgan fingerprint density at radius 1 is 1.39 bits per heavy atom. The molecule has 118 valence electrons. The fourth-order valence-corrected chi connectivity index (χ4v) is 3.49. The number of nitrogens with zero attached hydrogens (tertiary/aromatic N) is 5. The first-order valence-corrected chi connectivity index (χ1v) is 8.31. The van der Waals surface area contributed by atoms with E-state index >= 15 is 0 Å². The minimum absolute atomic E-state index is 0.135. The molecule has 0 aliphatic carbocycles. The van der Waals surface area contributed by atoms with Crippen molar-refractivity contribution in [2.24, 2.45) is 0 Å². The van der Waals surface area contributed by atoms with Gasteiger partial charge in [0.1, 0.15) is 5.75 Å². The van der Waals surface area contributed by atoms with Crippen LogP contribution in [0.15, 0.2) is 40.9 Å². The highest BCUT2D eigenvalue weighted by Gasteiger charge is 2.13. The summed E-state index contributed by atoms with van der Waals surface area (Å²) in [4.78, 5) is 10.3. The summed E-state index contributed by atoms with van der Waals surface area (Å²) in [6.45, 7) is 0. The predicted molar refractivity (Wildman–Crippen MR) is 86.2 cm³/mol. The second kappa shape index (κ2) is 6.75. The molecule has 0 saturated heterocycles. The zero-order valence-corrected chi connectivity index (χ0v) is 13.6. The molecule has 0 radical (unpaired) electrons. The van der Waals surface area contributed by atoms with Gasteiger partial charge < -0.3 is 4.74 Å². The second-order valence-corrected chi connectivity index (χ2v) is 6.24. The Morgan fingerprint density at radius 2 is 2.17 bits per heavy atom. The Hall–Kier alpha value is -2.46. The van der Waals surface area contributed by atoms with Gasteiger partial charge in [-0.25, -0.2) is 0 Å². The molecular weight excluding hydrogens is 338 g/mol. The quantitative estimate of drug-likeness (QED) is 0.383. The van der Waals surface area contributed by atoms with Crippen LogP contribution >= 0.6 is 23.1 Å². The molecule has 0 fully saturated rings. The lowest BCUT2D eigenvalue weighted by molar-refractivity contribution is -0.380. The standard InChI is InChI=1S/C13H11N5O3S2/c1-21-11-4-2-10(3-5-11)17-13(14-15-16-17)23-8-9-6-12(18(19)20)22-7-9/h2-7H,8H2,1H3. The average molecular weight is 349 g/mol. The van der Waals surface area contributed by atoms with E-state index in [4.69, 9.17) is 4.74 Å². The number of ether oxygens (including phenoxy) is 1. The molecule has 0 aliphatic rings. The van der Waals surface area contributed by atoms with Gasteiger partial charge in [0.25, 0.3) is 0 Å². The van der Waals surface area contributed by atoms with E-state index < -0.39 is 0 Å². The number of hydrogen-bond donors (Lipinski definition) is 0. The van der Waals surface area contributed by atoms with E-state index in [9.17, 15) is 10.1 Å². The fraction of sp³-hybridized carbons (Fsp3) is 0.154. The molecule has 10 heteroatoms. The Morgan fingerprint density at radius 3 is 2.83 bits per heavy atom. The maximum Gasteiger partial charge on any atom is 0.324 e. The van der Waals surface area contributed by atoms with Crippen molar-refractivity contribution in [3.63, 3.8) is 0 Å². The van der Waals surface area contributed by atoms with Crippen LogP contribution in [0.3, 0.4) is 0 Å². The number of aromatic nitrogens is 4. The average Bonchev–Trinajstić information content (AvgIpc) is 3.22. The van der Waals surface area contributed by atoms with Gasteiger partial charge in [0.05, 0.1) is 17.7 Å². The number of thiophene rings is 1. The van der Waals surface area contributed by atoms with Crippen LogP contribution in [0.1, 0.15) is 5.56 Å². The first-order chi connectivity index (χ1) is 11.2. The van der Waals surface area contributed by atoms with E-state index in [-0.39, 0.29) is 9.92 Å². The highest BCUT2D eigenvalue weighted by molar-refractivity contribution is 7.98. The SMILES string of the molecule is COc1ccc(-n2nnnc2SCc2csc([N+](=O)[O-])c2)cc1. The van der Waals surface area contributed by atoms with Gasteiger partial charge in [0, 0.05) is 17.2 Å². The number of hydrogen-bond acceptors (Lipinski definition) is 8. The van der Waals surface area contributed by atoms with Gasteiger partial charge in [-0.2, -0.15) is 4.68 Å². The molecule has 0 amide bonds. The Labute approximate surface area is 139 Å². The molecule has 8 nitrogen and oxygen atoms in total. The molecule has 3 aromatic rings. The summed E-state index contributed by atoms with van der Waals surface area (Å²) in [5, 5.41) is 24.9. The van der Waals surface area contributed by atoms with Gasteiger partial charge in [-0.05, 0) is 40.3 Å². The maximum atomic E-state index is 10.7. The van der Waals surface area contributed by atoms with Gasteiger partial charge in [-0.15, -0.1) is 5.10 Å². The monoisotopic (exact) mass is 349 g/mol. The van der Waals surface area contributed by atoms with Crippen molar-refractivity contribution in [1.82, 2.24) is 20.2 Å². The van der Waals surface area contributed by atoms with Crippen LogP contribution in [0.25, 0.3) is 5.69 Å². The fourth-order valence-electron chi connectivity index (χ4n) is 1.84. The number of methoxy groups -OCH3 is 1. The molecule has 0 N–H and O–H groups in total. The topological polar surface area (TPSA) is 96.0 Å². The Kier molecular flexibility index (Phi) is 4.53. The lowest BCUT2D eigenvalue weighted by Crippen LogP contribution is -1.99.